The van der Waals surface area contributed by atoms with Gasteiger partial charge in [-0.2, -0.15) is 10.1 Å². The molecule has 0 aliphatic carbocycles. The lowest BCUT2D eigenvalue weighted by Gasteiger charge is -1.93. The third-order valence-electron chi connectivity index (χ3n) is 2.05. The van der Waals surface area contributed by atoms with Crippen molar-refractivity contribution < 1.29 is 4.52 Å². The molecule has 0 spiro atoms. The summed E-state index contributed by atoms with van der Waals surface area (Å²) in [5.74, 6) is 1.21. The molecule has 0 aromatic carbocycles. The fourth-order valence-corrected chi connectivity index (χ4v) is 1.23. The molecule has 5 nitrogen and oxygen atoms in total. The van der Waals surface area contributed by atoms with Crippen LogP contribution in [0.5, 0.6) is 0 Å². The molecule has 0 aliphatic heterocycles. The Hall–Kier alpha value is -1.36. The maximum atomic E-state index is 5.57. The highest BCUT2D eigenvalue weighted by Gasteiger charge is 2.13. The second-order valence-corrected chi connectivity index (χ2v) is 3.18. The quantitative estimate of drug-likeness (QED) is 0.709. The predicted molar refractivity (Wildman–Crippen MR) is 50.8 cm³/mol. The molecule has 0 saturated carbocycles. The van der Waals surface area contributed by atoms with Crippen LogP contribution in [0.2, 0.25) is 0 Å². The Morgan fingerprint density at radius 3 is 2.86 bits per heavy atom. The minimum atomic E-state index is 0.253. The number of alkyl halides is 1. The van der Waals surface area contributed by atoms with Crippen LogP contribution in [0.1, 0.15) is 11.5 Å². The summed E-state index contributed by atoms with van der Waals surface area (Å²) in [4.78, 5) is 4.11. The highest BCUT2D eigenvalue weighted by atomic mass is 35.5. The summed E-state index contributed by atoms with van der Waals surface area (Å²) in [6.07, 6.45) is 1.70. The van der Waals surface area contributed by atoms with Gasteiger partial charge in [0.05, 0.1) is 17.6 Å². The van der Waals surface area contributed by atoms with E-state index in [9.17, 15) is 0 Å². The molecule has 0 N–H and O–H groups in total. The van der Waals surface area contributed by atoms with Gasteiger partial charge < -0.3 is 4.52 Å². The zero-order valence-electron chi connectivity index (χ0n) is 7.86. The zero-order chi connectivity index (χ0) is 10.1. The van der Waals surface area contributed by atoms with Crippen molar-refractivity contribution in [1.29, 1.82) is 0 Å². The molecule has 2 rings (SSSR count). The Kier molecular flexibility index (Phi) is 2.25. The third kappa shape index (κ3) is 1.39. The van der Waals surface area contributed by atoms with Crippen molar-refractivity contribution >= 4 is 11.6 Å². The van der Waals surface area contributed by atoms with Crippen molar-refractivity contribution in [1.82, 2.24) is 19.9 Å². The molecule has 0 radical (unpaired) electrons. The summed E-state index contributed by atoms with van der Waals surface area (Å²) in [6, 6.07) is 0. The van der Waals surface area contributed by atoms with Crippen LogP contribution in [0.4, 0.5) is 0 Å². The van der Waals surface area contributed by atoms with Crippen LogP contribution in [-0.4, -0.2) is 19.9 Å². The van der Waals surface area contributed by atoms with Gasteiger partial charge in [-0.05, 0) is 6.92 Å². The largest absolute Gasteiger partial charge is 0.334 e. The smallest absolute Gasteiger partial charge is 0.261 e. The topological polar surface area (TPSA) is 56.7 Å². The van der Waals surface area contributed by atoms with Crippen LogP contribution >= 0.6 is 11.6 Å². The molecule has 14 heavy (non-hydrogen) atoms. The van der Waals surface area contributed by atoms with Crippen molar-refractivity contribution in [2.45, 2.75) is 12.8 Å². The molecule has 2 heterocycles. The summed E-state index contributed by atoms with van der Waals surface area (Å²) in [6.45, 7) is 1.94. The van der Waals surface area contributed by atoms with Gasteiger partial charge in [-0.15, -0.1) is 11.6 Å². The van der Waals surface area contributed by atoms with E-state index in [0.717, 1.165) is 11.3 Å². The average Bonchev–Trinajstić information content (AvgIpc) is 2.75. The fraction of sp³-hybridized carbons (Fsp3) is 0.375. The van der Waals surface area contributed by atoms with Gasteiger partial charge in [-0.25, -0.2) is 0 Å². The van der Waals surface area contributed by atoms with Crippen LogP contribution < -0.4 is 0 Å². The van der Waals surface area contributed by atoms with E-state index in [4.69, 9.17) is 16.1 Å². The summed E-state index contributed by atoms with van der Waals surface area (Å²) in [7, 11) is 1.86. The Bertz CT molecular complexity index is 448. The average molecular weight is 213 g/mol. The number of rotatable bonds is 2. The number of hydrogen-bond donors (Lipinski definition) is 0. The first-order valence-electron chi connectivity index (χ1n) is 4.10. The standard InChI is InChI=1S/C8H9ClN4O/c1-5-6(4-10-13(5)2)8-11-7(3-9)12-14-8/h4H,3H2,1-2H3. The Labute approximate surface area is 85.7 Å². The van der Waals surface area contributed by atoms with Crippen LogP contribution in [0.15, 0.2) is 10.7 Å². The minimum Gasteiger partial charge on any atom is -0.334 e. The second-order valence-electron chi connectivity index (χ2n) is 2.92. The van der Waals surface area contributed by atoms with Crippen molar-refractivity contribution in [3.05, 3.63) is 17.7 Å². The highest BCUT2D eigenvalue weighted by Crippen LogP contribution is 2.20. The molecule has 6 heteroatoms. The van der Waals surface area contributed by atoms with Gasteiger partial charge >= 0.3 is 0 Å². The third-order valence-corrected chi connectivity index (χ3v) is 2.29. The number of aromatic nitrogens is 4. The van der Waals surface area contributed by atoms with E-state index >= 15 is 0 Å². The molecular weight excluding hydrogens is 204 g/mol. The molecule has 0 amide bonds. The van der Waals surface area contributed by atoms with Crippen molar-refractivity contribution in [2.24, 2.45) is 7.05 Å². The maximum Gasteiger partial charge on any atom is 0.261 e. The van der Waals surface area contributed by atoms with Gasteiger partial charge in [0, 0.05) is 12.7 Å². The van der Waals surface area contributed by atoms with Crippen LogP contribution in [0, 0.1) is 6.92 Å². The normalized spacial score (nSPS) is 10.8. The summed E-state index contributed by atoms with van der Waals surface area (Å²) < 4.78 is 6.79. The molecule has 2 aromatic rings. The van der Waals surface area contributed by atoms with Crippen LogP contribution in [0.3, 0.4) is 0 Å². The maximum absolute atomic E-state index is 5.57. The van der Waals surface area contributed by atoms with Gasteiger partial charge in [0.25, 0.3) is 5.89 Å². The number of hydrogen-bond acceptors (Lipinski definition) is 4. The second kappa shape index (κ2) is 3.42. The number of halogens is 1. The predicted octanol–water partition coefficient (Wildman–Crippen LogP) is 1.52. The van der Waals surface area contributed by atoms with Gasteiger partial charge in [-0.1, -0.05) is 5.16 Å². The van der Waals surface area contributed by atoms with E-state index in [1.165, 1.54) is 0 Å². The van der Waals surface area contributed by atoms with Crippen molar-refractivity contribution in [3.63, 3.8) is 0 Å². The number of aryl methyl sites for hydroxylation is 1. The fourth-order valence-electron chi connectivity index (χ4n) is 1.13. The molecule has 0 atom stereocenters. The van der Waals surface area contributed by atoms with Crippen LogP contribution in [0.25, 0.3) is 11.5 Å². The molecule has 0 fully saturated rings. The molecule has 0 saturated heterocycles. The SMILES string of the molecule is Cc1c(-c2nc(CCl)no2)cnn1C. The zero-order valence-corrected chi connectivity index (χ0v) is 8.62. The van der Waals surface area contributed by atoms with Crippen molar-refractivity contribution in [3.8, 4) is 11.5 Å². The van der Waals surface area contributed by atoms with Gasteiger partial charge in [0.2, 0.25) is 0 Å². The van der Waals surface area contributed by atoms with Gasteiger partial charge in [-0.3, -0.25) is 4.68 Å². The summed E-state index contributed by atoms with van der Waals surface area (Å²) in [5, 5.41) is 7.79. The summed E-state index contributed by atoms with van der Waals surface area (Å²) in [5.41, 5.74) is 1.83. The Balaban J connectivity index is 2.44. The first-order chi connectivity index (χ1) is 6.72. The molecule has 0 bridgehead atoms. The van der Waals surface area contributed by atoms with E-state index < -0.39 is 0 Å². The van der Waals surface area contributed by atoms with E-state index in [-0.39, 0.29) is 5.88 Å². The minimum absolute atomic E-state index is 0.253. The van der Waals surface area contributed by atoms with E-state index in [2.05, 4.69) is 15.2 Å². The van der Waals surface area contributed by atoms with Crippen molar-refractivity contribution in [2.75, 3.05) is 0 Å². The highest BCUT2D eigenvalue weighted by molar-refractivity contribution is 6.16. The molecule has 0 unspecified atom stereocenters. The Morgan fingerprint density at radius 1 is 1.57 bits per heavy atom. The summed E-state index contributed by atoms with van der Waals surface area (Å²) >= 11 is 5.57. The van der Waals surface area contributed by atoms with Crippen LogP contribution in [-0.2, 0) is 12.9 Å². The van der Waals surface area contributed by atoms with Gasteiger partial charge in [0.1, 0.15) is 0 Å². The monoisotopic (exact) mass is 212 g/mol. The lowest BCUT2D eigenvalue weighted by atomic mass is 10.2. The van der Waals surface area contributed by atoms with E-state index in [1.54, 1.807) is 10.9 Å². The lowest BCUT2D eigenvalue weighted by molar-refractivity contribution is 0.424. The lowest BCUT2D eigenvalue weighted by Crippen LogP contribution is -1.92. The molecular formula is C8H9ClN4O. The molecule has 74 valence electrons. The number of nitrogens with zero attached hydrogens (tertiary/aromatic N) is 4. The Morgan fingerprint density at radius 2 is 2.36 bits per heavy atom. The first-order valence-corrected chi connectivity index (χ1v) is 4.63. The van der Waals surface area contributed by atoms with E-state index in [1.807, 2.05) is 14.0 Å². The molecule has 0 aliphatic rings. The van der Waals surface area contributed by atoms with Gasteiger partial charge in [0.15, 0.2) is 5.82 Å². The first kappa shape index (κ1) is 9.21. The van der Waals surface area contributed by atoms with E-state index in [0.29, 0.717) is 11.7 Å². The molecule has 2 aromatic heterocycles.